The number of carbonyl (C=O) groups is 1. The Morgan fingerprint density at radius 3 is 2.31 bits per heavy atom. The molecule has 0 amide bonds. The molecule has 0 unspecified atom stereocenters. The zero-order valence-electron chi connectivity index (χ0n) is 17.5. The number of halogens is 5. The Kier molecular flexibility index (Phi) is 6.23. The van der Waals surface area contributed by atoms with Crippen LogP contribution in [0, 0.1) is 5.41 Å². The van der Waals surface area contributed by atoms with Crippen LogP contribution in [0.5, 0.6) is 5.75 Å². The molecule has 0 atom stereocenters. The van der Waals surface area contributed by atoms with E-state index in [4.69, 9.17) is 33.3 Å². The van der Waals surface area contributed by atoms with Crippen molar-refractivity contribution >= 4 is 45.8 Å². The van der Waals surface area contributed by atoms with Gasteiger partial charge in [-0.25, -0.2) is 0 Å². The molecular weight excluding hydrogens is 468 g/mol. The second-order valence-electron chi connectivity index (χ2n) is 8.01. The average molecular weight is 487 g/mol. The normalized spacial score (nSPS) is 12.2. The van der Waals surface area contributed by atoms with Crippen LogP contribution < -0.4 is 4.74 Å². The number of ether oxygens (including phenoxy) is 2. The Morgan fingerprint density at radius 1 is 1.06 bits per heavy atom. The van der Waals surface area contributed by atoms with E-state index in [1.807, 2.05) is 0 Å². The van der Waals surface area contributed by atoms with Crippen molar-refractivity contribution in [3.8, 4) is 5.75 Å². The van der Waals surface area contributed by atoms with Crippen LogP contribution in [0.15, 0.2) is 36.4 Å². The Bertz CT molecular complexity index is 1230. The van der Waals surface area contributed by atoms with Gasteiger partial charge in [0.1, 0.15) is 11.4 Å². The van der Waals surface area contributed by atoms with Crippen LogP contribution in [0.3, 0.4) is 0 Å². The quantitative estimate of drug-likeness (QED) is 0.251. The average Bonchev–Trinajstić information content (AvgIpc) is 2.95. The fourth-order valence-corrected chi connectivity index (χ4v) is 3.78. The summed E-state index contributed by atoms with van der Waals surface area (Å²) in [4.78, 5) is 13.3. The summed E-state index contributed by atoms with van der Waals surface area (Å²) in [6.07, 6.45) is -4.83. The molecule has 170 valence electrons. The third-order valence-electron chi connectivity index (χ3n) is 4.45. The summed E-state index contributed by atoms with van der Waals surface area (Å²) in [6.45, 7) is 5.30. The molecule has 0 aliphatic carbocycles. The number of nitrogens with one attached hydrogen (secondary N) is 1. The van der Waals surface area contributed by atoms with Gasteiger partial charge in [-0.3, -0.25) is 10.2 Å². The molecule has 1 aromatic heterocycles. The first kappa shape index (κ1) is 23.9. The van der Waals surface area contributed by atoms with Crippen LogP contribution in [0.2, 0.25) is 10.0 Å². The molecule has 0 saturated carbocycles. The third kappa shape index (κ3) is 5.02. The summed E-state index contributed by atoms with van der Waals surface area (Å²) in [6, 6.07) is 8.21. The molecular formula is C22H19Cl2F3N2O3. The number of aromatic nitrogens is 1. The van der Waals surface area contributed by atoms with Gasteiger partial charge in [-0.2, -0.15) is 0 Å². The Morgan fingerprint density at radius 2 is 1.72 bits per heavy atom. The van der Waals surface area contributed by atoms with Crippen LogP contribution in [0.25, 0.3) is 10.9 Å². The Labute approximate surface area is 192 Å². The van der Waals surface area contributed by atoms with Gasteiger partial charge in [0.05, 0.1) is 32.4 Å². The highest BCUT2D eigenvalue weighted by Crippen LogP contribution is 2.34. The first-order valence-electron chi connectivity index (χ1n) is 9.34. The van der Waals surface area contributed by atoms with Crippen LogP contribution in [0.1, 0.15) is 42.4 Å². The minimum Gasteiger partial charge on any atom is -0.472 e. The van der Waals surface area contributed by atoms with Crippen LogP contribution in [-0.4, -0.2) is 28.2 Å². The Balaban J connectivity index is 2.06. The van der Waals surface area contributed by atoms with Gasteiger partial charge in [-0.05, 0) is 51.1 Å². The predicted molar refractivity (Wildman–Crippen MR) is 117 cm³/mol. The van der Waals surface area contributed by atoms with E-state index in [0.717, 1.165) is 6.07 Å². The summed E-state index contributed by atoms with van der Waals surface area (Å²) in [5, 5.41) is 8.73. The van der Waals surface area contributed by atoms with E-state index in [1.54, 1.807) is 20.8 Å². The monoisotopic (exact) mass is 486 g/mol. The zero-order valence-corrected chi connectivity index (χ0v) is 19.0. The highest BCUT2D eigenvalue weighted by molar-refractivity contribution is 6.42. The Hall–Kier alpha value is -2.71. The van der Waals surface area contributed by atoms with Crippen LogP contribution in [-0.2, 0) is 11.8 Å². The van der Waals surface area contributed by atoms with E-state index >= 15 is 0 Å². The van der Waals surface area contributed by atoms with Crippen molar-refractivity contribution in [3.63, 3.8) is 0 Å². The first-order chi connectivity index (χ1) is 14.7. The summed E-state index contributed by atoms with van der Waals surface area (Å²) in [5.74, 6) is -1.18. The van der Waals surface area contributed by atoms with Crippen molar-refractivity contribution < 1.29 is 27.4 Å². The number of hydrogen-bond acceptors (Lipinski definition) is 4. The fourth-order valence-electron chi connectivity index (χ4n) is 3.15. The lowest BCUT2D eigenvalue weighted by atomic mass is 10.0. The molecule has 0 fully saturated rings. The van der Waals surface area contributed by atoms with Gasteiger partial charge < -0.3 is 14.0 Å². The van der Waals surface area contributed by atoms with Crippen molar-refractivity contribution in [1.29, 1.82) is 5.41 Å². The maximum absolute atomic E-state index is 13.3. The van der Waals surface area contributed by atoms with E-state index in [-0.39, 0.29) is 32.8 Å². The highest BCUT2D eigenvalue weighted by Gasteiger charge is 2.31. The van der Waals surface area contributed by atoms with Crippen molar-refractivity contribution in [2.45, 2.75) is 32.7 Å². The summed E-state index contributed by atoms with van der Waals surface area (Å²) < 4.78 is 48.6. The van der Waals surface area contributed by atoms with Gasteiger partial charge in [0, 0.05) is 18.5 Å². The molecule has 2 aromatic carbocycles. The standard InChI is InChI=1S/C22H19Cl2F3N2O3/c1-21(2,3)32-20(28)13-7-8-14(23)17(18(13)24)19(30)16-9-11-5-6-12(31-22(25,26)27)10-15(11)29(16)4/h5-10,28H,1-4H3. The van der Waals surface area contributed by atoms with Gasteiger partial charge in [-0.1, -0.05) is 23.2 Å². The molecule has 0 radical (unpaired) electrons. The van der Waals surface area contributed by atoms with E-state index in [0.29, 0.717) is 10.9 Å². The maximum atomic E-state index is 13.3. The van der Waals surface area contributed by atoms with E-state index in [9.17, 15) is 18.0 Å². The van der Waals surface area contributed by atoms with Gasteiger partial charge in [-0.15, -0.1) is 13.2 Å². The lowest BCUT2D eigenvalue weighted by molar-refractivity contribution is -0.274. The molecule has 0 aliphatic rings. The number of fused-ring (bicyclic) bond motifs is 1. The predicted octanol–water partition coefficient (Wildman–Crippen LogP) is 6.76. The van der Waals surface area contributed by atoms with Crippen LogP contribution in [0.4, 0.5) is 13.2 Å². The number of hydrogen-bond donors (Lipinski definition) is 1. The number of rotatable bonds is 4. The maximum Gasteiger partial charge on any atom is 0.573 e. The minimum absolute atomic E-state index is 0.0363. The van der Waals surface area contributed by atoms with E-state index < -0.39 is 23.5 Å². The topological polar surface area (TPSA) is 64.3 Å². The number of ketones is 1. The third-order valence-corrected chi connectivity index (χ3v) is 5.16. The summed E-state index contributed by atoms with van der Waals surface area (Å²) in [7, 11) is 1.53. The summed E-state index contributed by atoms with van der Waals surface area (Å²) >= 11 is 12.7. The van der Waals surface area contributed by atoms with E-state index in [1.165, 1.54) is 41.9 Å². The second-order valence-corrected chi connectivity index (χ2v) is 8.80. The fraction of sp³-hybridized carbons (Fsp3) is 0.273. The number of benzene rings is 2. The van der Waals surface area contributed by atoms with Gasteiger partial charge in [0.15, 0.2) is 0 Å². The molecule has 5 nitrogen and oxygen atoms in total. The molecule has 0 bridgehead atoms. The van der Waals surface area contributed by atoms with Gasteiger partial charge in [0.25, 0.3) is 0 Å². The second kappa shape index (κ2) is 8.33. The largest absolute Gasteiger partial charge is 0.573 e. The molecule has 1 heterocycles. The van der Waals surface area contributed by atoms with Crippen molar-refractivity contribution in [2.24, 2.45) is 7.05 Å². The van der Waals surface area contributed by atoms with Gasteiger partial charge in [0.2, 0.25) is 11.7 Å². The van der Waals surface area contributed by atoms with E-state index in [2.05, 4.69) is 4.74 Å². The molecule has 10 heteroatoms. The lowest BCUT2D eigenvalue weighted by Crippen LogP contribution is -2.24. The molecule has 3 aromatic rings. The summed E-state index contributed by atoms with van der Waals surface area (Å²) in [5.41, 5.74) is -0.00795. The van der Waals surface area contributed by atoms with Crippen molar-refractivity contribution in [2.75, 3.05) is 0 Å². The molecule has 0 aliphatic heterocycles. The molecule has 1 N–H and O–H groups in total. The van der Waals surface area contributed by atoms with Gasteiger partial charge >= 0.3 is 6.36 Å². The first-order valence-corrected chi connectivity index (χ1v) is 10.1. The molecule has 32 heavy (non-hydrogen) atoms. The molecule has 0 spiro atoms. The number of carbonyl (C=O) groups excluding carboxylic acids is 1. The molecule has 0 saturated heterocycles. The van der Waals surface area contributed by atoms with Crippen LogP contribution >= 0.6 is 23.2 Å². The SMILES string of the molecule is Cn1c(C(=O)c2c(Cl)ccc(C(=N)OC(C)(C)C)c2Cl)cc2ccc(OC(F)(F)F)cc21. The number of nitrogens with zero attached hydrogens (tertiary/aromatic N) is 1. The number of aryl methyl sites for hydroxylation is 1. The highest BCUT2D eigenvalue weighted by atomic mass is 35.5. The van der Waals surface area contributed by atoms with Crippen molar-refractivity contribution in [1.82, 2.24) is 4.57 Å². The molecule has 3 rings (SSSR count). The lowest BCUT2D eigenvalue weighted by Gasteiger charge is -2.22. The van der Waals surface area contributed by atoms with Crippen molar-refractivity contribution in [3.05, 3.63) is 63.3 Å². The smallest absolute Gasteiger partial charge is 0.472 e. The zero-order chi connectivity index (χ0) is 24.0. The number of alkyl halides is 3. The minimum atomic E-state index is -4.83.